The largest absolute Gasteiger partial charge is 0.341 e. The summed E-state index contributed by atoms with van der Waals surface area (Å²) in [4.78, 5) is 14.2. The molecule has 7 heteroatoms. The molecule has 1 aliphatic heterocycles. The highest BCUT2D eigenvalue weighted by molar-refractivity contribution is 9.10. The van der Waals surface area contributed by atoms with Crippen molar-refractivity contribution in [2.75, 3.05) is 18.8 Å². The smallest absolute Gasteiger partial charge is 0.232 e. The van der Waals surface area contributed by atoms with E-state index in [-0.39, 0.29) is 35.6 Å². The number of benzene rings is 1. The second-order valence-corrected chi connectivity index (χ2v) is 8.33. The maximum absolute atomic E-state index is 13.7. The lowest BCUT2D eigenvalue weighted by atomic mass is 9.80. The van der Waals surface area contributed by atoms with Gasteiger partial charge < -0.3 is 10.6 Å². The molecule has 1 aromatic carbocycles. The summed E-state index contributed by atoms with van der Waals surface area (Å²) in [6.07, 6.45) is 0.838. The van der Waals surface area contributed by atoms with Crippen LogP contribution in [0.15, 0.2) is 22.7 Å². The topological polar surface area (TPSA) is 46.3 Å². The summed E-state index contributed by atoms with van der Waals surface area (Å²) < 4.78 is 14.4. The van der Waals surface area contributed by atoms with Crippen molar-refractivity contribution in [3.8, 4) is 0 Å². The number of hydrogen-bond donors (Lipinski definition) is 1. The van der Waals surface area contributed by atoms with Crippen molar-refractivity contribution in [3.05, 3.63) is 34.1 Å². The molecule has 0 aliphatic carbocycles. The molecule has 0 aromatic heterocycles. The van der Waals surface area contributed by atoms with Crippen LogP contribution in [-0.4, -0.2) is 35.7 Å². The zero-order chi connectivity index (χ0) is 16.3. The Labute approximate surface area is 156 Å². The van der Waals surface area contributed by atoms with E-state index >= 15 is 0 Å². The molecule has 2 rings (SSSR count). The van der Waals surface area contributed by atoms with Crippen LogP contribution in [0.2, 0.25) is 0 Å². The number of likely N-dealkylation sites (tertiary alicyclic amines) is 1. The van der Waals surface area contributed by atoms with Crippen LogP contribution in [0, 0.1) is 11.2 Å². The Bertz CT molecular complexity index is 559. The Morgan fingerprint density at radius 3 is 2.83 bits per heavy atom. The first-order valence-electron chi connectivity index (χ1n) is 7.34. The van der Waals surface area contributed by atoms with Gasteiger partial charge in [0.1, 0.15) is 5.82 Å². The van der Waals surface area contributed by atoms with E-state index in [1.54, 1.807) is 6.07 Å². The van der Waals surface area contributed by atoms with E-state index in [1.165, 1.54) is 17.8 Å². The molecule has 1 amide bonds. The normalized spacial score (nSPS) is 20.0. The Morgan fingerprint density at radius 2 is 2.22 bits per heavy atom. The first-order valence-corrected chi connectivity index (χ1v) is 9.29. The number of amides is 1. The highest BCUT2D eigenvalue weighted by Crippen LogP contribution is 2.28. The van der Waals surface area contributed by atoms with E-state index < -0.39 is 0 Å². The van der Waals surface area contributed by atoms with Crippen LogP contribution in [-0.2, 0) is 10.5 Å². The van der Waals surface area contributed by atoms with Crippen LogP contribution in [0.4, 0.5) is 4.39 Å². The van der Waals surface area contributed by atoms with Gasteiger partial charge in [-0.2, -0.15) is 0 Å². The summed E-state index contributed by atoms with van der Waals surface area (Å²) in [5.41, 5.74) is 6.67. The van der Waals surface area contributed by atoms with E-state index in [9.17, 15) is 9.18 Å². The minimum Gasteiger partial charge on any atom is -0.341 e. The van der Waals surface area contributed by atoms with Gasteiger partial charge in [-0.05, 0) is 29.5 Å². The average molecular weight is 426 g/mol. The highest BCUT2D eigenvalue weighted by atomic mass is 79.9. The number of carbonyl (C=O) groups excluding carboxylic acids is 1. The number of thioether (sulfide) groups is 1. The minimum absolute atomic E-state index is 0. The molecule has 1 heterocycles. The first kappa shape index (κ1) is 20.7. The third-order valence-electron chi connectivity index (χ3n) is 4.16. The molecule has 1 aromatic rings. The summed E-state index contributed by atoms with van der Waals surface area (Å²) >= 11 is 4.69. The maximum Gasteiger partial charge on any atom is 0.232 e. The molecule has 130 valence electrons. The van der Waals surface area contributed by atoms with Crippen molar-refractivity contribution < 1.29 is 9.18 Å². The minimum atomic E-state index is -0.237. The molecule has 23 heavy (non-hydrogen) atoms. The van der Waals surface area contributed by atoms with E-state index in [4.69, 9.17) is 5.73 Å². The molecule has 0 spiro atoms. The van der Waals surface area contributed by atoms with Gasteiger partial charge in [0.05, 0.1) is 5.75 Å². The van der Waals surface area contributed by atoms with E-state index in [0.29, 0.717) is 23.6 Å². The van der Waals surface area contributed by atoms with E-state index in [0.717, 1.165) is 17.4 Å². The van der Waals surface area contributed by atoms with Crippen LogP contribution in [0.25, 0.3) is 0 Å². The second-order valence-electron chi connectivity index (χ2n) is 6.43. The van der Waals surface area contributed by atoms with Crippen LogP contribution in [0.1, 0.15) is 25.8 Å². The van der Waals surface area contributed by atoms with Crippen molar-refractivity contribution in [1.82, 2.24) is 4.90 Å². The van der Waals surface area contributed by atoms with Gasteiger partial charge in [-0.3, -0.25) is 4.79 Å². The SMILES string of the molecule is CC1(C)CN(C(=O)CSCc2ccc(Br)cc2F)CCC1N.Cl. The quantitative estimate of drug-likeness (QED) is 0.797. The molecule has 1 fully saturated rings. The van der Waals surface area contributed by atoms with Crippen LogP contribution in [0.3, 0.4) is 0 Å². The van der Waals surface area contributed by atoms with Crippen molar-refractivity contribution >= 4 is 46.0 Å². The molecule has 3 nitrogen and oxygen atoms in total. The fourth-order valence-electron chi connectivity index (χ4n) is 2.57. The number of rotatable bonds is 4. The summed E-state index contributed by atoms with van der Waals surface area (Å²) in [5.74, 6) is 0.754. The summed E-state index contributed by atoms with van der Waals surface area (Å²) in [7, 11) is 0. The monoisotopic (exact) mass is 424 g/mol. The molecule has 1 saturated heterocycles. The van der Waals surface area contributed by atoms with Crippen molar-refractivity contribution in [1.29, 1.82) is 0 Å². The Morgan fingerprint density at radius 1 is 1.52 bits per heavy atom. The summed E-state index contributed by atoms with van der Waals surface area (Å²) in [5, 5.41) is 0. The molecule has 2 N–H and O–H groups in total. The third kappa shape index (κ3) is 5.62. The number of halogens is 3. The summed E-state index contributed by atoms with van der Waals surface area (Å²) in [6.45, 7) is 5.61. The highest BCUT2D eigenvalue weighted by Gasteiger charge is 2.35. The average Bonchev–Trinajstić information content (AvgIpc) is 2.44. The first-order chi connectivity index (χ1) is 10.3. The number of hydrogen-bond acceptors (Lipinski definition) is 3. The Hall–Kier alpha value is -0.300. The lowest BCUT2D eigenvalue weighted by Crippen LogP contribution is -2.54. The van der Waals surface area contributed by atoms with Crippen molar-refractivity contribution in [2.45, 2.75) is 32.1 Å². The third-order valence-corrected chi connectivity index (χ3v) is 5.62. The molecular formula is C16H23BrClFN2OS. The number of nitrogens with two attached hydrogens (primary N) is 1. The van der Waals surface area contributed by atoms with Gasteiger partial charge in [0, 0.05) is 29.4 Å². The number of nitrogens with zero attached hydrogens (tertiary/aromatic N) is 1. The molecule has 1 unspecified atom stereocenters. The maximum atomic E-state index is 13.7. The van der Waals surface area contributed by atoms with Crippen LogP contribution in [0.5, 0.6) is 0 Å². The predicted molar refractivity (Wildman–Crippen MR) is 100 cm³/mol. The van der Waals surface area contributed by atoms with Gasteiger partial charge in [-0.15, -0.1) is 24.2 Å². The van der Waals surface area contributed by atoms with E-state index in [1.807, 2.05) is 11.0 Å². The second kappa shape index (κ2) is 8.70. The molecule has 1 atom stereocenters. The van der Waals surface area contributed by atoms with E-state index in [2.05, 4.69) is 29.8 Å². The number of carbonyl (C=O) groups is 1. The van der Waals surface area contributed by atoms with Gasteiger partial charge in [-0.25, -0.2) is 4.39 Å². The Balaban J connectivity index is 0.00000264. The standard InChI is InChI=1S/C16H22BrFN2OS.ClH/c1-16(2)10-20(6-5-14(16)19)15(21)9-22-8-11-3-4-12(17)7-13(11)18;/h3-4,7,14H,5-6,8-10,19H2,1-2H3;1H. The van der Waals surface area contributed by atoms with Gasteiger partial charge in [0.2, 0.25) is 5.91 Å². The lowest BCUT2D eigenvalue weighted by molar-refractivity contribution is -0.131. The molecule has 1 aliphatic rings. The fraction of sp³-hybridized carbons (Fsp3) is 0.562. The lowest BCUT2D eigenvalue weighted by Gasteiger charge is -2.42. The zero-order valence-corrected chi connectivity index (χ0v) is 16.6. The van der Waals surface area contributed by atoms with Crippen molar-refractivity contribution in [3.63, 3.8) is 0 Å². The molecule has 0 radical (unpaired) electrons. The summed E-state index contributed by atoms with van der Waals surface area (Å²) in [6, 6.07) is 5.16. The molecule has 0 saturated carbocycles. The van der Waals surface area contributed by atoms with Gasteiger partial charge >= 0.3 is 0 Å². The van der Waals surface area contributed by atoms with Crippen LogP contribution < -0.4 is 5.73 Å². The zero-order valence-electron chi connectivity index (χ0n) is 13.4. The number of piperidine rings is 1. The molecule has 0 bridgehead atoms. The van der Waals surface area contributed by atoms with Gasteiger partial charge in [0.15, 0.2) is 0 Å². The van der Waals surface area contributed by atoms with Gasteiger partial charge in [-0.1, -0.05) is 35.8 Å². The van der Waals surface area contributed by atoms with Crippen LogP contribution >= 0.6 is 40.1 Å². The Kier molecular flexibility index (Phi) is 7.84. The predicted octanol–water partition coefficient (Wildman–Crippen LogP) is 3.83. The molecular weight excluding hydrogens is 403 g/mol. The van der Waals surface area contributed by atoms with Gasteiger partial charge in [0.25, 0.3) is 0 Å². The van der Waals surface area contributed by atoms with Crippen molar-refractivity contribution in [2.24, 2.45) is 11.1 Å². The fourth-order valence-corrected chi connectivity index (χ4v) is 3.81.